The summed E-state index contributed by atoms with van der Waals surface area (Å²) in [6.45, 7) is 0.636. The van der Waals surface area contributed by atoms with Gasteiger partial charge in [-0.05, 0) is 53.1 Å². The van der Waals surface area contributed by atoms with E-state index in [-0.39, 0.29) is 5.91 Å². The van der Waals surface area contributed by atoms with Gasteiger partial charge in [0.05, 0.1) is 6.54 Å². The summed E-state index contributed by atoms with van der Waals surface area (Å²) in [5.41, 5.74) is 5.32. The van der Waals surface area contributed by atoms with Gasteiger partial charge in [-0.25, -0.2) is 9.67 Å². The number of aryl methyl sites for hydroxylation is 2. The third-order valence-corrected chi connectivity index (χ3v) is 5.15. The molecule has 0 fully saturated rings. The van der Waals surface area contributed by atoms with E-state index in [1.807, 2.05) is 30.3 Å². The maximum Gasteiger partial charge on any atom is 0.255 e. The van der Waals surface area contributed by atoms with Crippen LogP contribution in [-0.2, 0) is 19.4 Å². The first-order chi connectivity index (χ1) is 13.3. The molecular formula is C22H18N4O. The molecule has 0 aliphatic heterocycles. The Labute approximate surface area is 156 Å². The van der Waals surface area contributed by atoms with E-state index in [0.29, 0.717) is 12.1 Å². The molecule has 1 amide bonds. The Hall–Kier alpha value is -3.47. The summed E-state index contributed by atoms with van der Waals surface area (Å²) in [5, 5.41) is 9.61. The zero-order valence-electron chi connectivity index (χ0n) is 14.7. The molecule has 0 atom stereocenters. The Balaban J connectivity index is 1.39. The third-order valence-electron chi connectivity index (χ3n) is 5.15. The van der Waals surface area contributed by atoms with Crippen LogP contribution in [-0.4, -0.2) is 20.7 Å². The molecule has 5 nitrogen and oxygen atoms in total. The van der Waals surface area contributed by atoms with Gasteiger partial charge in [-0.1, -0.05) is 36.4 Å². The summed E-state index contributed by atoms with van der Waals surface area (Å²) < 4.78 is 1.75. The molecule has 0 radical (unpaired) electrons. The molecule has 27 heavy (non-hydrogen) atoms. The van der Waals surface area contributed by atoms with Gasteiger partial charge < -0.3 is 5.32 Å². The summed E-state index contributed by atoms with van der Waals surface area (Å²) in [7, 11) is 0. The van der Waals surface area contributed by atoms with E-state index < -0.39 is 0 Å². The van der Waals surface area contributed by atoms with Crippen molar-refractivity contribution in [1.82, 2.24) is 14.8 Å². The van der Waals surface area contributed by atoms with Crippen molar-refractivity contribution >= 4 is 22.4 Å². The first kappa shape index (κ1) is 15.8. The standard InChI is InChI=1S/C22H18N4O/c27-22(18-6-4-15(5-7-18)12-26-14-23-13-24-26)25-20-11-10-17-9-8-16-2-1-3-19(20)21(16)17/h1-7,10-11,13-14H,8-9,12H2,(H,25,27). The summed E-state index contributed by atoms with van der Waals surface area (Å²) in [5.74, 6) is -0.0963. The van der Waals surface area contributed by atoms with Crippen molar-refractivity contribution in [1.29, 1.82) is 0 Å². The van der Waals surface area contributed by atoms with Crippen LogP contribution in [0.3, 0.4) is 0 Å². The molecule has 0 saturated carbocycles. The molecule has 5 heteroatoms. The van der Waals surface area contributed by atoms with E-state index in [2.05, 4.69) is 39.7 Å². The Kier molecular flexibility index (Phi) is 3.71. The van der Waals surface area contributed by atoms with Gasteiger partial charge in [0.2, 0.25) is 0 Å². The van der Waals surface area contributed by atoms with Gasteiger partial charge in [0.1, 0.15) is 12.7 Å². The van der Waals surface area contributed by atoms with Gasteiger partial charge in [-0.3, -0.25) is 4.79 Å². The average molecular weight is 354 g/mol. The molecule has 1 heterocycles. The Bertz CT molecular complexity index is 1120. The van der Waals surface area contributed by atoms with Gasteiger partial charge in [-0.15, -0.1) is 0 Å². The number of hydrogen-bond donors (Lipinski definition) is 1. The van der Waals surface area contributed by atoms with Crippen molar-refractivity contribution in [2.45, 2.75) is 19.4 Å². The van der Waals surface area contributed by atoms with Gasteiger partial charge in [0.15, 0.2) is 0 Å². The monoisotopic (exact) mass is 354 g/mol. The number of carbonyl (C=O) groups excluding carboxylic acids is 1. The first-order valence-corrected chi connectivity index (χ1v) is 9.04. The van der Waals surface area contributed by atoms with E-state index in [0.717, 1.165) is 29.5 Å². The maximum atomic E-state index is 12.7. The predicted molar refractivity (Wildman–Crippen MR) is 105 cm³/mol. The molecule has 0 saturated heterocycles. The van der Waals surface area contributed by atoms with Crippen molar-refractivity contribution in [2.24, 2.45) is 0 Å². The lowest BCUT2D eigenvalue weighted by Crippen LogP contribution is -2.12. The second-order valence-electron chi connectivity index (χ2n) is 6.86. The van der Waals surface area contributed by atoms with Crippen LogP contribution < -0.4 is 5.32 Å². The number of rotatable bonds is 4. The van der Waals surface area contributed by atoms with Crippen LogP contribution in [0.25, 0.3) is 10.8 Å². The van der Waals surface area contributed by atoms with Gasteiger partial charge in [-0.2, -0.15) is 5.10 Å². The van der Waals surface area contributed by atoms with E-state index in [4.69, 9.17) is 0 Å². The van der Waals surface area contributed by atoms with E-state index in [1.54, 1.807) is 11.0 Å². The Morgan fingerprint density at radius 2 is 1.81 bits per heavy atom. The number of aromatic nitrogens is 3. The quantitative estimate of drug-likeness (QED) is 0.606. The number of benzene rings is 3. The Morgan fingerprint density at radius 1 is 1.00 bits per heavy atom. The van der Waals surface area contributed by atoms with Crippen molar-refractivity contribution in [2.75, 3.05) is 5.32 Å². The first-order valence-electron chi connectivity index (χ1n) is 9.04. The molecule has 1 aliphatic carbocycles. The van der Waals surface area contributed by atoms with Gasteiger partial charge in [0.25, 0.3) is 5.91 Å². The molecule has 4 aromatic rings. The molecule has 132 valence electrons. The van der Waals surface area contributed by atoms with Gasteiger partial charge >= 0.3 is 0 Å². The largest absolute Gasteiger partial charge is 0.321 e. The van der Waals surface area contributed by atoms with Crippen LogP contribution in [0, 0.1) is 0 Å². The van der Waals surface area contributed by atoms with Crippen LogP contribution in [0.5, 0.6) is 0 Å². The number of nitrogens with zero attached hydrogens (tertiary/aromatic N) is 3. The summed E-state index contributed by atoms with van der Waals surface area (Å²) >= 11 is 0. The van der Waals surface area contributed by atoms with E-state index in [9.17, 15) is 4.79 Å². The molecule has 0 spiro atoms. The minimum atomic E-state index is -0.0963. The molecule has 1 N–H and O–H groups in total. The van der Waals surface area contributed by atoms with E-state index >= 15 is 0 Å². The number of hydrogen-bond acceptors (Lipinski definition) is 3. The maximum absolute atomic E-state index is 12.7. The highest BCUT2D eigenvalue weighted by atomic mass is 16.1. The van der Waals surface area contributed by atoms with Crippen LogP contribution in [0.2, 0.25) is 0 Å². The second-order valence-corrected chi connectivity index (χ2v) is 6.86. The molecule has 5 rings (SSSR count). The minimum absolute atomic E-state index is 0.0963. The number of anilines is 1. The molecule has 1 aromatic heterocycles. The SMILES string of the molecule is O=C(Nc1ccc2c3c(cccc13)CC2)c1ccc(Cn2cncn2)cc1. The molecule has 0 unspecified atom stereocenters. The molecular weight excluding hydrogens is 336 g/mol. The zero-order valence-corrected chi connectivity index (χ0v) is 14.7. The van der Waals surface area contributed by atoms with Gasteiger partial charge in [0, 0.05) is 16.6 Å². The fourth-order valence-electron chi connectivity index (χ4n) is 3.81. The fourth-order valence-corrected chi connectivity index (χ4v) is 3.81. The van der Waals surface area contributed by atoms with Crippen LogP contribution in [0.15, 0.2) is 67.3 Å². The highest BCUT2D eigenvalue weighted by Gasteiger charge is 2.17. The van der Waals surface area contributed by atoms with Crippen LogP contribution in [0.1, 0.15) is 27.0 Å². The van der Waals surface area contributed by atoms with E-state index in [1.165, 1.54) is 22.8 Å². The number of carbonyl (C=O) groups is 1. The topological polar surface area (TPSA) is 59.8 Å². The van der Waals surface area contributed by atoms with Crippen LogP contribution >= 0.6 is 0 Å². The average Bonchev–Trinajstić information content (AvgIpc) is 3.35. The third kappa shape index (κ3) is 2.87. The van der Waals surface area contributed by atoms with Crippen LogP contribution in [0.4, 0.5) is 5.69 Å². The molecule has 1 aliphatic rings. The summed E-state index contributed by atoms with van der Waals surface area (Å²) in [6, 6.07) is 18.1. The highest BCUT2D eigenvalue weighted by Crippen LogP contribution is 2.35. The lowest BCUT2D eigenvalue weighted by atomic mass is 10.0. The summed E-state index contributed by atoms with van der Waals surface area (Å²) in [6.07, 6.45) is 5.35. The van der Waals surface area contributed by atoms with Crippen molar-refractivity contribution in [3.63, 3.8) is 0 Å². The Morgan fingerprint density at radius 3 is 2.59 bits per heavy atom. The molecule has 3 aromatic carbocycles. The fraction of sp³-hybridized carbons (Fsp3) is 0.136. The van der Waals surface area contributed by atoms with Crippen molar-refractivity contribution in [3.05, 3.63) is 89.5 Å². The van der Waals surface area contributed by atoms with Crippen molar-refractivity contribution in [3.8, 4) is 0 Å². The smallest absolute Gasteiger partial charge is 0.255 e. The second kappa shape index (κ2) is 6.36. The lowest BCUT2D eigenvalue weighted by molar-refractivity contribution is 0.102. The predicted octanol–water partition coefficient (Wildman–Crippen LogP) is 3.83. The highest BCUT2D eigenvalue weighted by molar-refractivity contribution is 6.10. The summed E-state index contributed by atoms with van der Waals surface area (Å²) in [4.78, 5) is 16.7. The zero-order chi connectivity index (χ0) is 18.2. The number of nitrogens with one attached hydrogen (secondary N) is 1. The number of amides is 1. The van der Waals surface area contributed by atoms with Crippen molar-refractivity contribution < 1.29 is 4.79 Å². The normalized spacial score (nSPS) is 12.4. The lowest BCUT2D eigenvalue weighted by Gasteiger charge is -2.11. The molecule has 0 bridgehead atoms. The minimum Gasteiger partial charge on any atom is -0.321 e.